The van der Waals surface area contributed by atoms with E-state index in [4.69, 9.17) is 4.74 Å². The predicted molar refractivity (Wildman–Crippen MR) is 145 cm³/mol. The van der Waals surface area contributed by atoms with Gasteiger partial charge in [0.25, 0.3) is 0 Å². The van der Waals surface area contributed by atoms with Gasteiger partial charge in [0.1, 0.15) is 5.82 Å². The molecule has 4 rings (SSSR count). The number of benzene rings is 3. The minimum atomic E-state index is -4.56. The van der Waals surface area contributed by atoms with Gasteiger partial charge >= 0.3 is 6.18 Å². The summed E-state index contributed by atoms with van der Waals surface area (Å²) in [6, 6.07) is 12.5. The second-order valence-electron chi connectivity index (χ2n) is 9.65. The zero-order valence-corrected chi connectivity index (χ0v) is 22.2. The molecular formula is C31H31F5N2O2. The molecule has 9 heteroatoms. The maximum absolute atomic E-state index is 15.3. The number of nitrogens with zero attached hydrogens (tertiary/aromatic N) is 2. The molecule has 0 amide bonds. The van der Waals surface area contributed by atoms with Gasteiger partial charge in [0, 0.05) is 10.9 Å². The fourth-order valence-electron chi connectivity index (χ4n) is 4.36. The van der Waals surface area contributed by atoms with E-state index >= 15 is 4.39 Å². The van der Waals surface area contributed by atoms with Crippen molar-refractivity contribution in [3.05, 3.63) is 83.7 Å². The lowest BCUT2D eigenvalue weighted by Crippen LogP contribution is -2.19. The van der Waals surface area contributed by atoms with Crippen molar-refractivity contribution in [3.63, 3.8) is 0 Å². The van der Waals surface area contributed by atoms with Crippen molar-refractivity contribution in [1.29, 1.82) is 0 Å². The average molecular weight is 559 g/mol. The first-order valence-corrected chi connectivity index (χ1v) is 13.4. The van der Waals surface area contributed by atoms with E-state index in [-0.39, 0.29) is 12.2 Å². The Bertz CT molecular complexity index is 1410. The fraction of sp³-hybridized carbons (Fsp3) is 0.355. The van der Waals surface area contributed by atoms with Gasteiger partial charge in [-0.2, -0.15) is 13.2 Å². The third-order valence-electron chi connectivity index (χ3n) is 6.51. The highest BCUT2D eigenvalue weighted by molar-refractivity contribution is 5.87. The number of rotatable bonds is 13. The predicted octanol–water partition coefficient (Wildman–Crippen LogP) is 8.65. The van der Waals surface area contributed by atoms with Crippen molar-refractivity contribution in [2.24, 2.45) is 0 Å². The monoisotopic (exact) mass is 558 g/mol. The van der Waals surface area contributed by atoms with E-state index in [2.05, 4.69) is 21.6 Å². The molecule has 1 heterocycles. The average Bonchev–Trinajstić information content (AvgIpc) is 2.94. The van der Waals surface area contributed by atoms with Crippen LogP contribution in [0.5, 0.6) is 11.5 Å². The molecule has 0 aliphatic rings. The van der Waals surface area contributed by atoms with Crippen LogP contribution >= 0.6 is 0 Å². The minimum Gasteiger partial charge on any atom is -0.490 e. The Hall–Kier alpha value is -3.75. The number of aromatic nitrogens is 2. The van der Waals surface area contributed by atoms with Crippen LogP contribution < -0.4 is 9.47 Å². The molecule has 212 valence electrons. The smallest absolute Gasteiger partial charge is 0.422 e. The van der Waals surface area contributed by atoms with E-state index in [1.54, 1.807) is 30.6 Å². The van der Waals surface area contributed by atoms with Crippen LogP contribution in [0.1, 0.15) is 50.2 Å². The van der Waals surface area contributed by atoms with Crippen LogP contribution in [0.3, 0.4) is 0 Å². The van der Waals surface area contributed by atoms with Gasteiger partial charge in [0.2, 0.25) is 0 Å². The van der Waals surface area contributed by atoms with Crippen LogP contribution in [0.2, 0.25) is 0 Å². The number of halogens is 5. The SMILES string of the molecule is CCCCCCCOc1cnc(-c2ccc3c(F)c(CCc4ccc(OCC(F)(F)F)c(F)c4)ccc3c2)nc1. The standard InChI is InChI=1S/C31H31F5N2O2/c1-2-3-4-5-6-15-39-25-18-37-30(38-19-25)24-12-13-26-23(17-24)11-10-22(29(26)33)9-7-21-8-14-28(27(32)16-21)40-20-31(34,35)36/h8,10-14,16-19H,2-7,9,15,20H2,1H3. The van der Waals surface area contributed by atoms with Crippen LogP contribution in [0.4, 0.5) is 22.0 Å². The van der Waals surface area contributed by atoms with Gasteiger partial charge in [-0.05, 0) is 54.0 Å². The van der Waals surface area contributed by atoms with Crippen LogP contribution in [0, 0.1) is 11.6 Å². The zero-order chi connectivity index (χ0) is 28.5. The van der Waals surface area contributed by atoms with Crippen LogP contribution in [-0.4, -0.2) is 29.4 Å². The van der Waals surface area contributed by atoms with Crippen molar-refractivity contribution in [2.75, 3.05) is 13.2 Å². The Morgan fingerprint density at radius 3 is 2.30 bits per heavy atom. The van der Waals surface area contributed by atoms with Crippen molar-refractivity contribution < 1.29 is 31.4 Å². The first-order valence-electron chi connectivity index (χ1n) is 13.4. The zero-order valence-electron chi connectivity index (χ0n) is 22.2. The molecule has 0 aliphatic carbocycles. The first kappa shape index (κ1) is 29.2. The molecule has 0 N–H and O–H groups in total. The van der Waals surface area contributed by atoms with Gasteiger partial charge in [0.15, 0.2) is 29.7 Å². The molecule has 0 aliphatic heterocycles. The molecule has 0 saturated heterocycles. The summed E-state index contributed by atoms with van der Waals surface area (Å²) in [5.74, 6) is -0.626. The van der Waals surface area contributed by atoms with Gasteiger partial charge < -0.3 is 9.47 Å². The maximum Gasteiger partial charge on any atom is 0.422 e. The third-order valence-corrected chi connectivity index (χ3v) is 6.51. The molecule has 4 nitrogen and oxygen atoms in total. The molecule has 0 atom stereocenters. The molecule has 0 bridgehead atoms. The maximum atomic E-state index is 15.3. The third kappa shape index (κ3) is 8.13. The molecular weight excluding hydrogens is 527 g/mol. The van der Waals surface area contributed by atoms with Crippen LogP contribution in [0.15, 0.2) is 60.9 Å². The number of alkyl halides is 3. The van der Waals surface area contributed by atoms with Crippen LogP contribution in [-0.2, 0) is 12.8 Å². The van der Waals surface area contributed by atoms with Crippen molar-refractivity contribution in [3.8, 4) is 22.9 Å². The van der Waals surface area contributed by atoms with E-state index in [9.17, 15) is 17.6 Å². The Morgan fingerprint density at radius 2 is 1.57 bits per heavy atom. The molecule has 0 unspecified atom stereocenters. The van der Waals surface area contributed by atoms with Crippen molar-refractivity contribution >= 4 is 10.8 Å². The summed E-state index contributed by atoms with van der Waals surface area (Å²) in [6.45, 7) is 1.24. The second-order valence-corrected chi connectivity index (χ2v) is 9.65. The summed E-state index contributed by atoms with van der Waals surface area (Å²) in [6.07, 6.45) is 5.08. The Morgan fingerprint density at radius 1 is 0.800 bits per heavy atom. The quantitative estimate of drug-likeness (QED) is 0.122. The highest BCUT2D eigenvalue weighted by atomic mass is 19.4. The van der Waals surface area contributed by atoms with Gasteiger partial charge in [-0.25, -0.2) is 18.7 Å². The van der Waals surface area contributed by atoms with E-state index in [1.807, 2.05) is 12.1 Å². The lowest BCUT2D eigenvalue weighted by Gasteiger charge is -2.11. The van der Waals surface area contributed by atoms with Gasteiger partial charge in [-0.15, -0.1) is 0 Å². The van der Waals surface area contributed by atoms with E-state index in [0.29, 0.717) is 46.5 Å². The fourth-order valence-corrected chi connectivity index (χ4v) is 4.36. The van der Waals surface area contributed by atoms with Gasteiger partial charge in [-0.3, -0.25) is 0 Å². The molecule has 0 radical (unpaired) electrons. The first-order chi connectivity index (χ1) is 19.2. The number of hydrogen-bond donors (Lipinski definition) is 0. The normalized spacial score (nSPS) is 11.7. The lowest BCUT2D eigenvalue weighted by atomic mass is 9.99. The van der Waals surface area contributed by atoms with E-state index in [0.717, 1.165) is 30.5 Å². The highest BCUT2D eigenvalue weighted by Crippen LogP contribution is 2.28. The second kappa shape index (κ2) is 13.5. The molecule has 1 aromatic heterocycles. The minimum absolute atomic E-state index is 0.287. The number of hydrogen-bond acceptors (Lipinski definition) is 4. The number of aryl methyl sites for hydroxylation is 2. The van der Waals surface area contributed by atoms with Gasteiger partial charge in [0.05, 0.1) is 19.0 Å². The number of fused-ring (bicyclic) bond motifs is 1. The highest BCUT2D eigenvalue weighted by Gasteiger charge is 2.29. The topological polar surface area (TPSA) is 44.2 Å². The Kier molecular flexibility index (Phi) is 9.90. The Balaban J connectivity index is 1.37. The summed E-state index contributed by atoms with van der Waals surface area (Å²) < 4.78 is 76.6. The van der Waals surface area contributed by atoms with E-state index in [1.165, 1.54) is 25.3 Å². The summed E-state index contributed by atoms with van der Waals surface area (Å²) in [7, 11) is 0. The molecule has 0 spiro atoms. The molecule has 0 saturated carbocycles. The number of ether oxygens (including phenoxy) is 2. The summed E-state index contributed by atoms with van der Waals surface area (Å²) >= 11 is 0. The number of unbranched alkanes of at least 4 members (excludes halogenated alkanes) is 4. The van der Waals surface area contributed by atoms with Crippen molar-refractivity contribution in [2.45, 2.75) is 58.0 Å². The summed E-state index contributed by atoms with van der Waals surface area (Å²) in [4.78, 5) is 8.80. The molecule has 0 fully saturated rings. The van der Waals surface area contributed by atoms with Crippen LogP contribution in [0.25, 0.3) is 22.2 Å². The molecule has 40 heavy (non-hydrogen) atoms. The van der Waals surface area contributed by atoms with Crippen molar-refractivity contribution in [1.82, 2.24) is 9.97 Å². The lowest BCUT2D eigenvalue weighted by molar-refractivity contribution is -0.153. The molecule has 3 aromatic carbocycles. The largest absolute Gasteiger partial charge is 0.490 e. The van der Waals surface area contributed by atoms with Gasteiger partial charge in [-0.1, -0.05) is 62.9 Å². The molecule has 4 aromatic rings. The summed E-state index contributed by atoms with van der Waals surface area (Å²) in [5, 5.41) is 1.12. The Labute approximate surface area is 230 Å². The summed E-state index contributed by atoms with van der Waals surface area (Å²) in [5.41, 5.74) is 1.72. The van der Waals surface area contributed by atoms with E-state index < -0.39 is 24.3 Å².